The number of piperidine rings is 1. The van der Waals surface area contributed by atoms with Crippen LogP contribution in [0.5, 0.6) is 0 Å². The minimum atomic E-state index is 0.0821. The topological polar surface area (TPSA) is 78.4 Å². The molecule has 0 N–H and O–H groups in total. The van der Waals surface area contributed by atoms with Crippen LogP contribution in [0.2, 0.25) is 0 Å². The lowest BCUT2D eigenvalue weighted by Gasteiger charge is -2.38. The maximum atomic E-state index is 13.2. The monoisotopic (exact) mass is 457 g/mol. The first-order valence-corrected chi connectivity index (χ1v) is 12.1. The fourth-order valence-corrected chi connectivity index (χ4v) is 4.85. The Balaban J connectivity index is 1.13. The van der Waals surface area contributed by atoms with Gasteiger partial charge in [-0.3, -0.25) is 4.79 Å². The Labute approximate surface area is 200 Å². The van der Waals surface area contributed by atoms with Crippen LogP contribution >= 0.6 is 0 Å². The van der Waals surface area contributed by atoms with Crippen molar-refractivity contribution in [3.8, 4) is 11.3 Å². The Morgan fingerprint density at radius 3 is 2.09 bits per heavy atom. The number of nitrogens with zero attached hydrogens (tertiary/aromatic N) is 7. The molecule has 4 heterocycles. The molecule has 8 heteroatoms. The maximum absolute atomic E-state index is 13.2. The first-order chi connectivity index (χ1) is 16.6. The highest BCUT2D eigenvalue weighted by atomic mass is 16.2. The van der Waals surface area contributed by atoms with Gasteiger partial charge in [0.25, 0.3) is 0 Å². The van der Waals surface area contributed by atoms with Gasteiger partial charge in [0.05, 0.1) is 5.69 Å². The minimum absolute atomic E-state index is 0.0821. The van der Waals surface area contributed by atoms with Crippen LogP contribution in [-0.2, 0) is 4.79 Å². The number of anilines is 2. The molecule has 34 heavy (non-hydrogen) atoms. The van der Waals surface area contributed by atoms with Gasteiger partial charge in [0.15, 0.2) is 5.82 Å². The molecule has 176 valence electrons. The normalized spacial score (nSPS) is 17.2. The second-order valence-electron chi connectivity index (χ2n) is 9.17. The molecule has 2 aliphatic rings. The first kappa shape index (κ1) is 22.3. The summed E-state index contributed by atoms with van der Waals surface area (Å²) >= 11 is 0. The average Bonchev–Trinajstić information content (AvgIpc) is 2.88. The summed E-state index contributed by atoms with van der Waals surface area (Å²) in [7, 11) is 0. The summed E-state index contributed by atoms with van der Waals surface area (Å²) in [5.41, 5.74) is 3.90. The zero-order valence-corrected chi connectivity index (χ0v) is 19.9. The van der Waals surface area contributed by atoms with Crippen LogP contribution < -0.4 is 9.80 Å². The van der Waals surface area contributed by atoms with E-state index in [4.69, 9.17) is 0 Å². The van der Waals surface area contributed by atoms with Gasteiger partial charge in [-0.25, -0.2) is 9.97 Å². The number of piperazine rings is 1. The van der Waals surface area contributed by atoms with Crippen LogP contribution in [0.15, 0.2) is 48.5 Å². The summed E-state index contributed by atoms with van der Waals surface area (Å²) in [6, 6.07) is 16.1. The summed E-state index contributed by atoms with van der Waals surface area (Å²) in [6.45, 7) is 8.64. The van der Waals surface area contributed by atoms with Gasteiger partial charge >= 0.3 is 0 Å². The molecule has 5 rings (SSSR count). The number of carbonyl (C=O) groups excluding carboxylic acids is 1. The van der Waals surface area contributed by atoms with Crippen molar-refractivity contribution in [3.63, 3.8) is 0 Å². The molecular weight excluding hydrogens is 426 g/mol. The van der Waals surface area contributed by atoms with E-state index in [1.54, 1.807) is 0 Å². The van der Waals surface area contributed by atoms with Gasteiger partial charge in [0, 0.05) is 62.1 Å². The third-order valence-electron chi connectivity index (χ3n) is 6.73. The molecule has 0 spiro atoms. The Hall–Kier alpha value is -3.55. The molecule has 0 unspecified atom stereocenters. The zero-order valence-electron chi connectivity index (χ0n) is 19.9. The standard InChI is InChI=1S/C26H31N7O/c1-19-18-20(2)28-26(27-19)33-12-10-22(11-13-33)25(34)32-16-14-31(15-17-32)24-9-8-23(29-30-24)21-6-4-3-5-7-21/h3-9,18,22H,10-17H2,1-2H3. The predicted octanol–water partition coefficient (Wildman–Crippen LogP) is 3.12. The summed E-state index contributed by atoms with van der Waals surface area (Å²) < 4.78 is 0. The summed E-state index contributed by atoms with van der Waals surface area (Å²) in [5, 5.41) is 8.85. The van der Waals surface area contributed by atoms with Crippen LogP contribution in [0.3, 0.4) is 0 Å². The van der Waals surface area contributed by atoms with Crippen molar-refractivity contribution in [1.29, 1.82) is 0 Å². The number of carbonyl (C=O) groups is 1. The van der Waals surface area contributed by atoms with Crippen molar-refractivity contribution in [1.82, 2.24) is 25.1 Å². The highest BCUT2D eigenvalue weighted by Gasteiger charge is 2.31. The van der Waals surface area contributed by atoms with Gasteiger partial charge < -0.3 is 14.7 Å². The smallest absolute Gasteiger partial charge is 0.225 e. The highest BCUT2D eigenvalue weighted by Crippen LogP contribution is 2.24. The van der Waals surface area contributed by atoms with Crippen molar-refractivity contribution < 1.29 is 4.79 Å². The van der Waals surface area contributed by atoms with Gasteiger partial charge in [0.2, 0.25) is 11.9 Å². The Morgan fingerprint density at radius 2 is 1.47 bits per heavy atom. The number of aromatic nitrogens is 4. The molecule has 0 atom stereocenters. The molecule has 3 aromatic rings. The van der Waals surface area contributed by atoms with Gasteiger partial charge in [-0.05, 0) is 44.9 Å². The van der Waals surface area contributed by atoms with Crippen LogP contribution in [-0.4, -0.2) is 70.2 Å². The van der Waals surface area contributed by atoms with E-state index in [1.165, 1.54) is 0 Å². The van der Waals surface area contributed by atoms with Gasteiger partial charge in [-0.15, -0.1) is 10.2 Å². The largest absolute Gasteiger partial charge is 0.352 e. The predicted molar refractivity (Wildman–Crippen MR) is 133 cm³/mol. The maximum Gasteiger partial charge on any atom is 0.225 e. The lowest BCUT2D eigenvalue weighted by atomic mass is 9.95. The number of rotatable bonds is 4. The highest BCUT2D eigenvalue weighted by molar-refractivity contribution is 5.79. The first-order valence-electron chi connectivity index (χ1n) is 12.1. The van der Waals surface area contributed by atoms with Crippen molar-refractivity contribution >= 4 is 17.7 Å². The molecule has 2 aromatic heterocycles. The van der Waals surface area contributed by atoms with Crippen molar-refractivity contribution in [3.05, 3.63) is 59.9 Å². The van der Waals surface area contributed by atoms with E-state index in [1.807, 2.05) is 67.3 Å². The Kier molecular flexibility index (Phi) is 6.38. The van der Waals surface area contributed by atoms with E-state index < -0.39 is 0 Å². The third-order valence-corrected chi connectivity index (χ3v) is 6.73. The number of benzene rings is 1. The summed E-state index contributed by atoms with van der Waals surface area (Å²) in [5.74, 6) is 2.02. The third kappa shape index (κ3) is 4.85. The zero-order chi connectivity index (χ0) is 23.5. The van der Waals surface area contributed by atoms with Crippen LogP contribution in [0.1, 0.15) is 24.2 Å². The van der Waals surface area contributed by atoms with E-state index in [0.29, 0.717) is 0 Å². The fourth-order valence-electron chi connectivity index (χ4n) is 4.85. The van der Waals surface area contributed by atoms with Crippen molar-refractivity contribution in [2.75, 3.05) is 49.1 Å². The van der Waals surface area contributed by atoms with E-state index in [9.17, 15) is 4.79 Å². The lowest BCUT2D eigenvalue weighted by Crippen LogP contribution is -2.52. The Morgan fingerprint density at radius 1 is 0.794 bits per heavy atom. The molecule has 0 aliphatic carbocycles. The van der Waals surface area contributed by atoms with Crippen molar-refractivity contribution in [2.45, 2.75) is 26.7 Å². The van der Waals surface area contributed by atoms with Crippen LogP contribution in [0, 0.1) is 19.8 Å². The lowest BCUT2D eigenvalue weighted by molar-refractivity contribution is -0.136. The van der Waals surface area contributed by atoms with Gasteiger partial charge in [-0.2, -0.15) is 0 Å². The van der Waals surface area contributed by atoms with Crippen LogP contribution in [0.4, 0.5) is 11.8 Å². The minimum Gasteiger partial charge on any atom is -0.352 e. The van der Waals surface area contributed by atoms with Crippen LogP contribution in [0.25, 0.3) is 11.3 Å². The molecule has 8 nitrogen and oxygen atoms in total. The second-order valence-corrected chi connectivity index (χ2v) is 9.17. The van der Waals surface area contributed by atoms with E-state index >= 15 is 0 Å². The number of hydrogen-bond acceptors (Lipinski definition) is 7. The quantitative estimate of drug-likeness (QED) is 0.596. The van der Waals surface area contributed by atoms with Crippen molar-refractivity contribution in [2.24, 2.45) is 5.92 Å². The SMILES string of the molecule is Cc1cc(C)nc(N2CCC(C(=O)N3CCN(c4ccc(-c5ccccc5)nn4)CC3)CC2)n1. The fraction of sp³-hybridized carbons (Fsp3) is 0.423. The van der Waals surface area contributed by atoms with E-state index in [2.05, 4.69) is 30.0 Å². The Bertz CT molecular complexity index is 1100. The molecule has 1 aromatic carbocycles. The van der Waals surface area contributed by atoms with Gasteiger partial charge in [-0.1, -0.05) is 30.3 Å². The molecule has 2 aliphatic heterocycles. The number of amides is 1. The molecule has 1 amide bonds. The molecular formula is C26H31N7O. The number of aryl methyl sites for hydroxylation is 2. The second kappa shape index (κ2) is 9.75. The summed E-state index contributed by atoms with van der Waals surface area (Å²) in [4.78, 5) is 28.8. The molecule has 0 radical (unpaired) electrons. The molecule has 0 saturated carbocycles. The molecule has 2 saturated heterocycles. The number of hydrogen-bond donors (Lipinski definition) is 0. The van der Waals surface area contributed by atoms with E-state index in [-0.39, 0.29) is 11.8 Å². The average molecular weight is 458 g/mol. The summed E-state index contributed by atoms with van der Waals surface area (Å²) in [6.07, 6.45) is 1.70. The molecule has 2 fully saturated rings. The van der Waals surface area contributed by atoms with E-state index in [0.717, 1.165) is 86.5 Å². The van der Waals surface area contributed by atoms with Gasteiger partial charge in [0.1, 0.15) is 0 Å². The molecule has 0 bridgehead atoms.